The van der Waals surface area contributed by atoms with Crippen molar-refractivity contribution in [2.24, 2.45) is 0 Å². The minimum atomic E-state index is -0.0432. The Morgan fingerprint density at radius 2 is 1.92 bits per heavy atom. The van der Waals surface area contributed by atoms with Crippen molar-refractivity contribution in [2.75, 3.05) is 46.9 Å². The predicted octanol–water partition coefficient (Wildman–Crippen LogP) is 2.48. The summed E-state index contributed by atoms with van der Waals surface area (Å²) in [6.07, 6.45) is 0. The lowest BCUT2D eigenvalue weighted by Crippen LogP contribution is -2.48. The van der Waals surface area contributed by atoms with Gasteiger partial charge < -0.3 is 15.0 Å². The molecule has 3 rings (SSSR count). The van der Waals surface area contributed by atoms with E-state index in [0.29, 0.717) is 12.1 Å². The molecule has 1 fully saturated rings. The summed E-state index contributed by atoms with van der Waals surface area (Å²) in [6.45, 7) is 4.80. The zero-order valence-corrected chi connectivity index (χ0v) is 15.6. The van der Waals surface area contributed by atoms with E-state index in [0.717, 1.165) is 31.9 Å². The average Bonchev–Trinajstić information content (AvgIpc) is 3.17. The molecule has 2 aromatic rings. The first-order chi connectivity index (χ1) is 12.2. The summed E-state index contributed by atoms with van der Waals surface area (Å²) >= 11 is 1.75. The number of likely N-dealkylation sites (N-methyl/N-ethyl adjacent to an activating group) is 1. The lowest BCUT2D eigenvalue weighted by atomic mass is 10.1. The number of amides is 1. The van der Waals surface area contributed by atoms with Gasteiger partial charge in [0.05, 0.1) is 13.2 Å². The van der Waals surface area contributed by atoms with Gasteiger partial charge in [-0.15, -0.1) is 11.3 Å². The van der Waals surface area contributed by atoms with E-state index in [1.165, 1.54) is 4.88 Å². The van der Waals surface area contributed by atoms with Crippen molar-refractivity contribution in [3.63, 3.8) is 0 Å². The number of carbonyl (C=O) groups is 1. The summed E-state index contributed by atoms with van der Waals surface area (Å²) in [6, 6.07) is 11.7. The first-order valence-electron chi connectivity index (χ1n) is 8.55. The van der Waals surface area contributed by atoms with E-state index < -0.39 is 0 Å². The highest BCUT2D eigenvalue weighted by molar-refractivity contribution is 7.10. The fraction of sp³-hybridized carbons (Fsp3) is 0.421. The van der Waals surface area contributed by atoms with Gasteiger partial charge in [-0.1, -0.05) is 6.07 Å². The van der Waals surface area contributed by atoms with Crippen LogP contribution in [0.2, 0.25) is 0 Å². The predicted molar refractivity (Wildman–Crippen MR) is 101 cm³/mol. The molecule has 5 nitrogen and oxygen atoms in total. The Bertz CT molecular complexity index is 664. The highest BCUT2D eigenvalue weighted by Gasteiger charge is 2.25. The van der Waals surface area contributed by atoms with Crippen LogP contribution in [0.15, 0.2) is 41.8 Å². The Balaban J connectivity index is 1.64. The molecule has 1 amide bonds. The quantitative estimate of drug-likeness (QED) is 0.861. The molecule has 0 saturated carbocycles. The Morgan fingerprint density at radius 1 is 1.20 bits per heavy atom. The second-order valence-electron chi connectivity index (χ2n) is 6.31. The molecular weight excluding hydrogens is 334 g/mol. The number of methoxy groups -OCH3 is 1. The van der Waals surface area contributed by atoms with Crippen LogP contribution in [0.5, 0.6) is 5.75 Å². The largest absolute Gasteiger partial charge is 0.497 e. The van der Waals surface area contributed by atoms with E-state index in [-0.39, 0.29) is 11.9 Å². The molecule has 1 aliphatic rings. The van der Waals surface area contributed by atoms with Crippen LogP contribution in [0.1, 0.15) is 21.3 Å². The SMILES string of the molecule is COc1ccc(C(=O)NC[C@@H](c2cccs2)N2CCN(C)CC2)cc1. The smallest absolute Gasteiger partial charge is 0.251 e. The Morgan fingerprint density at radius 3 is 2.52 bits per heavy atom. The summed E-state index contributed by atoms with van der Waals surface area (Å²) in [7, 11) is 3.78. The summed E-state index contributed by atoms with van der Waals surface area (Å²) in [4.78, 5) is 18.6. The van der Waals surface area contributed by atoms with Crippen molar-refractivity contribution in [3.8, 4) is 5.75 Å². The van der Waals surface area contributed by atoms with E-state index in [2.05, 4.69) is 39.7 Å². The van der Waals surface area contributed by atoms with Crippen molar-refractivity contribution in [3.05, 3.63) is 52.2 Å². The minimum Gasteiger partial charge on any atom is -0.497 e. The van der Waals surface area contributed by atoms with Crippen molar-refractivity contribution in [2.45, 2.75) is 6.04 Å². The van der Waals surface area contributed by atoms with Gasteiger partial charge >= 0.3 is 0 Å². The molecule has 0 unspecified atom stereocenters. The van der Waals surface area contributed by atoms with Gasteiger partial charge in [0.15, 0.2) is 0 Å². The molecule has 25 heavy (non-hydrogen) atoms. The van der Waals surface area contributed by atoms with E-state index in [1.807, 2.05) is 12.1 Å². The van der Waals surface area contributed by atoms with Crippen LogP contribution in [0, 0.1) is 0 Å². The number of rotatable bonds is 6. The highest BCUT2D eigenvalue weighted by Crippen LogP contribution is 2.25. The van der Waals surface area contributed by atoms with Gasteiger partial charge in [0.2, 0.25) is 0 Å². The molecule has 1 N–H and O–H groups in total. The molecule has 1 aliphatic heterocycles. The standard InChI is InChI=1S/C19H25N3O2S/c1-21-9-11-22(12-10-21)17(18-4-3-13-25-18)14-20-19(23)15-5-7-16(24-2)8-6-15/h3-8,13,17H,9-12,14H2,1-2H3,(H,20,23)/t17-/m0/s1. The van der Waals surface area contributed by atoms with Gasteiger partial charge in [0.1, 0.15) is 5.75 Å². The Hall–Kier alpha value is -1.89. The van der Waals surface area contributed by atoms with Crippen molar-refractivity contribution < 1.29 is 9.53 Å². The highest BCUT2D eigenvalue weighted by atomic mass is 32.1. The summed E-state index contributed by atoms with van der Waals surface area (Å²) in [5.41, 5.74) is 0.657. The number of piperazine rings is 1. The Labute approximate surface area is 153 Å². The van der Waals surface area contributed by atoms with Crippen LogP contribution < -0.4 is 10.1 Å². The molecule has 0 bridgehead atoms. The maximum absolute atomic E-state index is 12.5. The molecule has 0 spiro atoms. The van der Waals surface area contributed by atoms with Crippen molar-refractivity contribution in [1.29, 1.82) is 0 Å². The van der Waals surface area contributed by atoms with Gasteiger partial charge in [0.25, 0.3) is 5.91 Å². The lowest BCUT2D eigenvalue weighted by Gasteiger charge is -2.37. The number of thiophene rings is 1. The average molecular weight is 359 g/mol. The van der Waals surface area contributed by atoms with Crippen LogP contribution in [-0.4, -0.2) is 62.6 Å². The van der Waals surface area contributed by atoms with E-state index in [4.69, 9.17) is 4.74 Å². The third kappa shape index (κ3) is 4.60. The third-order valence-electron chi connectivity index (χ3n) is 4.66. The van der Waals surface area contributed by atoms with E-state index >= 15 is 0 Å². The second kappa shape index (κ2) is 8.47. The molecule has 0 aliphatic carbocycles. The zero-order valence-electron chi connectivity index (χ0n) is 14.8. The van der Waals surface area contributed by atoms with Gasteiger partial charge in [-0.3, -0.25) is 9.69 Å². The van der Waals surface area contributed by atoms with Gasteiger partial charge in [-0.25, -0.2) is 0 Å². The third-order valence-corrected chi connectivity index (χ3v) is 5.63. The number of ether oxygens (including phenoxy) is 1. The number of nitrogens with one attached hydrogen (secondary N) is 1. The number of benzene rings is 1. The molecule has 134 valence electrons. The van der Waals surface area contributed by atoms with Gasteiger partial charge in [-0.05, 0) is 42.8 Å². The maximum Gasteiger partial charge on any atom is 0.251 e. The fourth-order valence-corrected chi connectivity index (χ4v) is 3.92. The van der Waals surface area contributed by atoms with Crippen molar-refractivity contribution >= 4 is 17.2 Å². The molecular formula is C19H25N3O2S. The van der Waals surface area contributed by atoms with Crippen LogP contribution >= 0.6 is 11.3 Å². The van der Waals surface area contributed by atoms with Crippen LogP contribution in [0.4, 0.5) is 0 Å². The first kappa shape index (κ1) is 17.9. The molecule has 2 heterocycles. The van der Waals surface area contributed by atoms with Crippen LogP contribution in [0.25, 0.3) is 0 Å². The van der Waals surface area contributed by atoms with Crippen LogP contribution in [-0.2, 0) is 0 Å². The van der Waals surface area contributed by atoms with Gasteiger partial charge in [-0.2, -0.15) is 0 Å². The Kier molecular flexibility index (Phi) is 6.07. The molecule has 1 aromatic carbocycles. The van der Waals surface area contributed by atoms with Crippen LogP contribution in [0.3, 0.4) is 0 Å². The number of hydrogen-bond donors (Lipinski definition) is 1. The second-order valence-corrected chi connectivity index (χ2v) is 7.29. The fourth-order valence-electron chi connectivity index (χ4n) is 3.06. The monoisotopic (exact) mass is 359 g/mol. The summed E-state index contributed by atoms with van der Waals surface area (Å²) in [5, 5.41) is 5.21. The molecule has 1 saturated heterocycles. The summed E-state index contributed by atoms with van der Waals surface area (Å²) < 4.78 is 5.14. The zero-order chi connectivity index (χ0) is 17.6. The normalized spacial score (nSPS) is 17.2. The molecule has 0 radical (unpaired) electrons. The molecule has 1 aromatic heterocycles. The first-order valence-corrected chi connectivity index (χ1v) is 9.43. The topological polar surface area (TPSA) is 44.8 Å². The van der Waals surface area contributed by atoms with E-state index in [1.54, 1.807) is 30.6 Å². The number of hydrogen-bond acceptors (Lipinski definition) is 5. The summed E-state index contributed by atoms with van der Waals surface area (Å²) in [5.74, 6) is 0.712. The minimum absolute atomic E-state index is 0.0432. The maximum atomic E-state index is 12.5. The lowest BCUT2D eigenvalue weighted by molar-refractivity contribution is 0.0890. The van der Waals surface area contributed by atoms with E-state index in [9.17, 15) is 4.79 Å². The number of carbonyl (C=O) groups excluding carboxylic acids is 1. The molecule has 6 heteroatoms. The van der Waals surface area contributed by atoms with Gasteiger partial charge in [0, 0.05) is 43.2 Å². The van der Waals surface area contributed by atoms with Crippen molar-refractivity contribution in [1.82, 2.24) is 15.1 Å². The molecule has 1 atom stereocenters. The number of nitrogens with zero attached hydrogens (tertiary/aromatic N) is 2.